The fraction of sp³-hybridized carbons (Fsp3) is 0.250. The van der Waals surface area contributed by atoms with Crippen LogP contribution in [-0.2, 0) is 0 Å². The van der Waals surface area contributed by atoms with Crippen molar-refractivity contribution in [3.05, 3.63) is 34.9 Å². The van der Waals surface area contributed by atoms with Gasteiger partial charge in [0.05, 0.1) is 0 Å². The zero-order valence-electron chi connectivity index (χ0n) is 11.3. The van der Waals surface area contributed by atoms with Gasteiger partial charge in [0.2, 0.25) is 0 Å². The zero-order chi connectivity index (χ0) is 14.7. The first-order chi connectivity index (χ1) is 9.47. The minimum atomic E-state index is -0.0568. The quantitative estimate of drug-likeness (QED) is 0.289. The second kappa shape index (κ2) is 5.83. The minimum absolute atomic E-state index is 0.0568. The first-order valence-corrected chi connectivity index (χ1v) is 6.63. The van der Waals surface area contributed by atoms with Crippen LogP contribution >= 0.6 is 11.8 Å². The molecular weight excluding hydrogens is 276 g/mol. The third-order valence-electron chi connectivity index (χ3n) is 2.35. The molecule has 8 heteroatoms. The van der Waals surface area contributed by atoms with Gasteiger partial charge in [-0.2, -0.15) is 0 Å². The standard InChI is InChI=1S/C12H14N6OS/c1-6-4-7(2)15-11(14-6)20-12-16-8(3)5-9(17-12)10(13)18-19/h4-5,19H,1-3H3,(H2,13,18). The summed E-state index contributed by atoms with van der Waals surface area (Å²) < 4.78 is 0. The largest absolute Gasteiger partial charge is 0.409 e. The summed E-state index contributed by atoms with van der Waals surface area (Å²) in [6.45, 7) is 5.61. The predicted octanol–water partition coefficient (Wildman–Crippen LogP) is 1.44. The van der Waals surface area contributed by atoms with Crippen LogP contribution < -0.4 is 5.73 Å². The van der Waals surface area contributed by atoms with E-state index in [1.165, 1.54) is 11.8 Å². The third-order valence-corrected chi connectivity index (χ3v) is 3.08. The van der Waals surface area contributed by atoms with Gasteiger partial charge in [-0.3, -0.25) is 0 Å². The van der Waals surface area contributed by atoms with Crippen molar-refractivity contribution < 1.29 is 5.21 Å². The van der Waals surface area contributed by atoms with E-state index in [-0.39, 0.29) is 5.84 Å². The number of nitrogens with two attached hydrogens (primary N) is 1. The van der Waals surface area contributed by atoms with Gasteiger partial charge in [0, 0.05) is 17.1 Å². The maximum Gasteiger partial charge on any atom is 0.196 e. The van der Waals surface area contributed by atoms with Crippen LogP contribution in [0.15, 0.2) is 27.6 Å². The van der Waals surface area contributed by atoms with Gasteiger partial charge in [0.25, 0.3) is 0 Å². The van der Waals surface area contributed by atoms with E-state index >= 15 is 0 Å². The Kier molecular flexibility index (Phi) is 4.14. The second-order valence-electron chi connectivity index (χ2n) is 4.20. The molecule has 2 rings (SSSR count). The number of nitrogens with zero attached hydrogens (tertiary/aromatic N) is 5. The van der Waals surface area contributed by atoms with E-state index in [0.29, 0.717) is 21.7 Å². The zero-order valence-corrected chi connectivity index (χ0v) is 12.1. The molecule has 2 heterocycles. The molecule has 3 N–H and O–H groups in total. The second-order valence-corrected chi connectivity index (χ2v) is 5.13. The SMILES string of the molecule is Cc1cc(C)nc(Sc2nc(C)cc(/C(N)=N/O)n2)n1. The van der Waals surface area contributed by atoms with Crippen LogP contribution in [0.25, 0.3) is 0 Å². The molecule has 0 amide bonds. The van der Waals surface area contributed by atoms with Crippen molar-refractivity contribution in [3.63, 3.8) is 0 Å². The Morgan fingerprint density at radius 3 is 2.05 bits per heavy atom. The van der Waals surface area contributed by atoms with Crippen molar-refractivity contribution >= 4 is 17.6 Å². The Hall–Kier alpha value is -2.22. The Bertz CT molecular complexity index is 653. The molecule has 0 saturated carbocycles. The van der Waals surface area contributed by atoms with Gasteiger partial charge in [-0.1, -0.05) is 5.16 Å². The third kappa shape index (κ3) is 3.41. The summed E-state index contributed by atoms with van der Waals surface area (Å²) in [7, 11) is 0. The van der Waals surface area contributed by atoms with E-state index in [1.54, 1.807) is 6.07 Å². The molecule has 0 radical (unpaired) electrons. The molecule has 0 aliphatic heterocycles. The number of amidine groups is 1. The number of hydrogen-bond acceptors (Lipinski definition) is 7. The molecule has 0 unspecified atom stereocenters. The molecule has 0 aromatic carbocycles. The smallest absolute Gasteiger partial charge is 0.196 e. The van der Waals surface area contributed by atoms with Crippen molar-refractivity contribution in [1.29, 1.82) is 0 Å². The summed E-state index contributed by atoms with van der Waals surface area (Å²) in [5, 5.41) is 12.7. The lowest BCUT2D eigenvalue weighted by Crippen LogP contribution is -2.16. The average molecular weight is 290 g/mol. The lowest BCUT2D eigenvalue weighted by molar-refractivity contribution is 0.318. The number of aryl methyl sites for hydroxylation is 3. The van der Waals surface area contributed by atoms with Crippen molar-refractivity contribution in [2.75, 3.05) is 0 Å². The highest BCUT2D eigenvalue weighted by molar-refractivity contribution is 7.99. The minimum Gasteiger partial charge on any atom is -0.409 e. The van der Waals surface area contributed by atoms with Crippen LogP contribution in [0.1, 0.15) is 22.8 Å². The molecule has 20 heavy (non-hydrogen) atoms. The summed E-state index contributed by atoms with van der Waals surface area (Å²) >= 11 is 1.24. The summed E-state index contributed by atoms with van der Waals surface area (Å²) in [6, 6.07) is 3.53. The van der Waals surface area contributed by atoms with E-state index in [2.05, 4.69) is 25.1 Å². The fourth-order valence-corrected chi connectivity index (χ4v) is 2.47. The van der Waals surface area contributed by atoms with E-state index in [0.717, 1.165) is 11.4 Å². The van der Waals surface area contributed by atoms with Crippen LogP contribution in [0.3, 0.4) is 0 Å². The lowest BCUT2D eigenvalue weighted by Gasteiger charge is -2.05. The van der Waals surface area contributed by atoms with Gasteiger partial charge in [0.15, 0.2) is 16.1 Å². The molecule has 0 aliphatic rings. The number of rotatable bonds is 3. The maximum atomic E-state index is 8.70. The fourth-order valence-electron chi connectivity index (χ4n) is 1.59. The molecule has 2 aromatic heterocycles. The summed E-state index contributed by atoms with van der Waals surface area (Å²) in [6.07, 6.45) is 0. The van der Waals surface area contributed by atoms with Gasteiger partial charge >= 0.3 is 0 Å². The summed E-state index contributed by atoms with van der Waals surface area (Å²) in [4.78, 5) is 17.1. The monoisotopic (exact) mass is 290 g/mol. The highest BCUT2D eigenvalue weighted by Gasteiger charge is 2.10. The molecule has 0 aliphatic carbocycles. The van der Waals surface area contributed by atoms with E-state index in [9.17, 15) is 0 Å². The van der Waals surface area contributed by atoms with E-state index in [4.69, 9.17) is 10.9 Å². The van der Waals surface area contributed by atoms with Gasteiger partial charge in [-0.25, -0.2) is 19.9 Å². The Labute approximate surface area is 120 Å². The normalized spacial score (nSPS) is 11.7. The molecule has 104 valence electrons. The average Bonchev–Trinajstić information content (AvgIpc) is 2.35. The Morgan fingerprint density at radius 2 is 1.50 bits per heavy atom. The molecule has 0 fully saturated rings. The van der Waals surface area contributed by atoms with Gasteiger partial charge in [-0.05, 0) is 44.7 Å². The Balaban J connectivity index is 2.36. The summed E-state index contributed by atoms with van der Waals surface area (Å²) in [5.74, 6) is -0.0568. The molecular formula is C12H14N6OS. The molecule has 0 spiro atoms. The number of hydrogen-bond donors (Lipinski definition) is 2. The highest BCUT2D eigenvalue weighted by Crippen LogP contribution is 2.22. The van der Waals surface area contributed by atoms with E-state index in [1.807, 2.05) is 26.8 Å². The number of aromatic nitrogens is 4. The first-order valence-electron chi connectivity index (χ1n) is 5.81. The van der Waals surface area contributed by atoms with Crippen LogP contribution in [0.2, 0.25) is 0 Å². The molecule has 0 bridgehead atoms. The van der Waals surface area contributed by atoms with Crippen molar-refractivity contribution in [3.8, 4) is 0 Å². The molecule has 0 atom stereocenters. The molecule has 2 aromatic rings. The topological polar surface area (TPSA) is 110 Å². The first kappa shape index (κ1) is 14.2. The molecule has 7 nitrogen and oxygen atoms in total. The van der Waals surface area contributed by atoms with Crippen LogP contribution in [0.4, 0.5) is 0 Å². The highest BCUT2D eigenvalue weighted by atomic mass is 32.2. The van der Waals surface area contributed by atoms with Crippen molar-refractivity contribution in [1.82, 2.24) is 19.9 Å². The Morgan fingerprint density at radius 1 is 1.00 bits per heavy atom. The number of oxime groups is 1. The van der Waals surface area contributed by atoms with Gasteiger partial charge < -0.3 is 10.9 Å². The van der Waals surface area contributed by atoms with Gasteiger partial charge in [-0.15, -0.1) is 0 Å². The van der Waals surface area contributed by atoms with Crippen molar-refractivity contribution in [2.24, 2.45) is 10.9 Å². The van der Waals surface area contributed by atoms with Crippen LogP contribution in [0, 0.1) is 20.8 Å². The van der Waals surface area contributed by atoms with Gasteiger partial charge in [0.1, 0.15) is 5.69 Å². The maximum absolute atomic E-state index is 8.70. The van der Waals surface area contributed by atoms with E-state index < -0.39 is 0 Å². The van der Waals surface area contributed by atoms with Crippen molar-refractivity contribution in [2.45, 2.75) is 31.1 Å². The molecule has 0 saturated heterocycles. The predicted molar refractivity (Wildman–Crippen MR) is 74.9 cm³/mol. The van der Waals surface area contributed by atoms with Crippen LogP contribution in [-0.4, -0.2) is 31.0 Å². The van der Waals surface area contributed by atoms with Crippen LogP contribution in [0.5, 0.6) is 0 Å². The summed E-state index contributed by atoms with van der Waals surface area (Å²) in [5.41, 5.74) is 8.38. The lowest BCUT2D eigenvalue weighted by atomic mass is 10.3.